The number of amides is 1. The van der Waals surface area contributed by atoms with E-state index in [-0.39, 0.29) is 35.4 Å². The fourth-order valence-corrected chi connectivity index (χ4v) is 2.65. The number of rotatable bonds is 7. The van der Waals surface area contributed by atoms with Gasteiger partial charge in [-0.2, -0.15) is 0 Å². The van der Waals surface area contributed by atoms with Gasteiger partial charge in [0.2, 0.25) is 0 Å². The lowest BCUT2D eigenvalue weighted by Crippen LogP contribution is -2.31. The van der Waals surface area contributed by atoms with E-state index in [2.05, 4.69) is 21.2 Å². The maximum Gasteiger partial charge on any atom is 0.258 e. The molecule has 2 aromatic carbocycles. The van der Waals surface area contributed by atoms with Gasteiger partial charge in [-0.15, -0.1) is 0 Å². The second-order valence-electron chi connectivity index (χ2n) is 5.50. The second-order valence-corrected chi connectivity index (χ2v) is 6.41. The Morgan fingerprint density at radius 3 is 2.28 bits per heavy atom. The van der Waals surface area contributed by atoms with E-state index < -0.39 is 19.0 Å². The van der Waals surface area contributed by atoms with E-state index in [9.17, 15) is 19.4 Å². The number of nitrogens with one attached hydrogen (secondary N) is 1. The largest absolute Gasteiger partial charge is 0.483 e. The number of carbonyl (C=O) groups excluding carboxylic acids is 1. The molecule has 0 radical (unpaired) electrons. The van der Waals surface area contributed by atoms with E-state index in [1.165, 1.54) is 0 Å². The molecule has 0 saturated heterocycles. The zero-order valence-electron chi connectivity index (χ0n) is 13.6. The summed E-state index contributed by atoms with van der Waals surface area (Å²) in [6, 6.07) is 9.55. The molecule has 5 nitrogen and oxygen atoms in total. The summed E-state index contributed by atoms with van der Waals surface area (Å²) in [4.78, 5) is 12.1. The number of benzene rings is 2. The number of carbonyl (C=O) groups is 1. The first-order valence-corrected chi connectivity index (χ1v) is 8.44. The van der Waals surface area contributed by atoms with Crippen LogP contribution >= 0.6 is 15.9 Å². The molecular formula is C18H19BrFNO4. The molecule has 25 heavy (non-hydrogen) atoms. The van der Waals surface area contributed by atoms with E-state index in [0.717, 1.165) is 22.2 Å². The Bertz CT molecular complexity index is 711. The minimum absolute atomic E-state index is 0.123. The summed E-state index contributed by atoms with van der Waals surface area (Å²) in [5.41, 5.74) is 1.29. The van der Waals surface area contributed by atoms with Crippen molar-refractivity contribution in [1.29, 1.82) is 0 Å². The van der Waals surface area contributed by atoms with Crippen molar-refractivity contribution in [2.75, 3.05) is 6.61 Å². The summed E-state index contributed by atoms with van der Waals surface area (Å²) < 4.78 is 19.8. The molecule has 134 valence electrons. The van der Waals surface area contributed by atoms with Crippen LogP contribution in [0.25, 0.3) is 0 Å². The molecule has 0 aromatic heterocycles. The van der Waals surface area contributed by atoms with Gasteiger partial charge in [-0.25, -0.2) is 4.39 Å². The Hall–Kier alpha value is -1.96. The van der Waals surface area contributed by atoms with Crippen molar-refractivity contribution >= 4 is 21.8 Å². The van der Waals surface area contributed by atoms with E-state index in [1.54, 1.807) is 0 Å². The molecule has 0 spiro atoms. The molecule has 0 heterocycles. The predicted molar refractivity (Wildman–Crippen MR) is 94.4 cm³/mol. The highest BCUT2D eigenvalue weighted by atomic mass is 79.9. The van der Waals surface area contributed by atoms with Gasteiger partial charge in [0, 0.05) is 15.6 Å². The van der Waals surface area contributed by atoms with Crippen molar-refractivity contribution in [1.82, 2.24) is 5.32 Å². The van der Waals surface area contributed by atoms with Gasteiger partial charge >= 0.3 is 0 Å². The van der Waals surface area contributed by atoms with Crippen LogP contribution < -0.4 is 10.1 Å². The molecular weight excluding hydrogens is 393 g/mol. The van der Waals surface area contributed by atoms with Crippen molar-refractivity contribution in [3.8, 4) is 5.75 Å². The Labute approximate surface area is 153 Å². The fraction of sp³-hybridized carbons (Fsp3) is 0.278. The summed E-state index contributed by atoms with van der Waals surface area (Å²) in [6.45, 7) is 0.609. The van der Waals surface area contributed by atoms with Gasteiger partial charge in [0.15, 0.2) is 6.61 Å². The first kappa shape index (κ1) is 19.4. The number of halogens is 2. The lowest BCUT2D eigenvalue weighted by molar-refractivity contribution is -0.123. The van der Waals surface area contributed by atoms with Gasteiger partial charge in [0.25, 0.3) is 5.91 Å². The standard InChI is InChI=1S/C18H19BrFNO4/c1-11(12-2-4-15(19)5-3-12)21-17(24)10-25-18-13(8-22)6-16(20)7-14(18)9-23/h2-7,11,22-23H,8-10H2,1H3,(H,21,24). The first-order valence-electron chi connectivity index (χ1n) is 7.65. The number of aliphatic hydroxyl groups is 2. The molecule has 0 bridgehead atoms. The highest BCUT2D eigenvalue weighted by molar-refractivity contribution is 9.10. The quantitative estimate of drug-likeness (QED) is 0.654. The molecule has 0 aliphatic rings. The summed E-state index contributed by atoms with van der Waals surface area (Å²) in [6.07, 6.45) is 0. The SMILES string of the molecule is CC(NC(=O)COc1c(CO)cc(F)cc1CO)c1ccc(Br)cc1. The van der Waals surface area contributed by atoms with Crippen molar-refractivity contribution in [2.24, 2.45) is 0 Å². The summed E-state index contributed by atoms with van der Waals surface area (Å²) in [5.74, 6) is -0.834. The van der Waals surface area contributed by atoms with Crippen molar-refractivity contribution < 1.29 is 24.1 Å². The van der Waals surface area contributed by atoms with E-state index >= 15 is 0 Å². The summed E-state index contributed by atoms with van der Waals surface area (Å²) in [5, 5.41) is 21.4. The third kappa shape index (κ3) is 5.26. The van der Waals surface area contributed by atoms with Crippen LogP contribution in [0.2, 0.25) is 0 Å². The summed E-state index contributed by atoms with van der Waals surface area (Å²) >= 11 is 3.35. The van der Waals surface area contributed by atoms with Crippen molar-refractivity contribution in [3.05, 3.63) is 63.4 Å². The molecule has 7 heteroatoms. The molecule has 3 N–H and O–H groups in total. The molecule has 0 aliphatic heterocycles. The number of aliphatic hydroxyl groups excluding tert-OH is 2. The van der Waals surface area contributed by atoms with Crippen LogP contribution in [0.15, 0.2) is 40.9 Å². The highest BCUT2D eigenvalue weighted by Crippen LogP contribution is 2.26. The van der Waals surface area contributed by atoms with Crippen LogP contribution in [0, 0.1) is 5.82 Å². The zero-order valence-corrected chi connectivity index (χ0v) is 15.2. The normalized spacial score (nSPS) is 11.9. The van der Waals surface area contributed by atoms with Gasteiger partial charge in [-0.3, -0.25) is 4.79 Å². The molecule has 0 fully saturated rings. The van der Waals surface area contributed by atoms with Crippen LogP contribution in [0.5, 0.6) is 5.75 Å². The average Bonchev–Trinajstić information content (AvgIpc) is 2.60. The average molecular weight is 412 g/mol. The minimum atomic E-state index is -0.589. The van der Waals surface area contributed by atoms with E-state index in [1.807, 2.05) is 31.2 Å². The number of ether oxygens (including phenoxy) is 1. The monoisotopic (exact) mass is 411 g/mol. The van der Waals surface area contributed by atoms with Gasteiger partial charge in [-0.05, 0) is 36.8 Å². The maximum absolute atomic E-state index is 13.4. The predicted octanol–water partition coefficient (Wildman–Crippen LogP) is 2.83. The van der Waals surface area contributed by atoms with Gasteiger partial charge < -0.3 is 20.3 Å². The molecule has 0 aliphatic carbocycles. The lowest BCUT2D eigenvalue weighted by Gasteiger charge is -2.17. The zero-order chi connectivity index (χ0) is 18.4. The van der Waals surface area contributed by atoms with Crippen LogP contribution in [0.3, 0.4) is 0 Å². The van der Waals surface area contributed by atoms with E-state index in [0.29, 0.717) is 0 Å². The molecule has 0 saturated carbocycles. The number of hydrogen-bond donors (Lipinski definition) is 3. The minimum Gasteiger partial charge on any atom is -0.483 e. The first-order chi connectivity index (χ1) is 11.9. The smallest absolute Gasteiger partial charge is 0.258 e. The summed E-state index contributed by atoms with van der Waals surface area (Å²) in [7, 11) is 0. The topological polar surface area (TPSA) is 78.8 Å². The molecule has 2 aromatic rings. The molecule has 1 amide bonds. The Kier molecular flexibility index (Phi) is 6.92. The third-order valence-corrected chi connectivity index (χ3v) is 4.17. The Morgan fingerprint density at radius 2 is 1.76 bits per heavy atom. The van der Waals surface area contributed by atoms with Gasteiger partial charge in [0.05, 0.1) is 19.3 Å². The third-order valence-electron chi connectivity index (χ3n) is 3.64. The fourth-order valence-electron chi connectivity index (χ4n) is 2.39. The Morgan fingerprint density at radius 1 is 1.20 bits per heavy atom. The lowest BCUT2D eigenvalue weighted by atomic mass is 10.1. The van der Waals surface area contributed by atoms with Crippen LogP contribution in [-0.4, -0.2) is 22.7 Å². The number of hydrogen-bond acceptors (Lipinski definition) is 4. The van der Waals surface area contributed by atoms with Crippen LogP contribution in [-0.2, 0) is 18.0 Å². The molecule has 1 unspecified atom stereocenters. The highest BCUT2D eigenvalue weighted by Gasteiger charge is 2.15. The Balaban J connectivity index is 2.01. The molecule has 1 atom stereocenters. The van der Waals surface area contributed by atoms with Gasteiger partial charge in [0.1, 0.15) is 11.6 Å². The van der Waals surface area contributed by atoms with Crippen LogP contribution in [0.4, 0.5) is 4.39 Å². The second kappa shape index (κ2) is 8.94. The van der Waals surface area contributed by atoms with Crippen molar-refractivity contribution in [3.63, 3.8) is 0 Å². The van der Waals surface area contributed by atoms with Crippen LogP contribution in [0.1, 0.15) is 29.7 Å². The van der Waals surface area contributed by atoms with Crippen molar-refractivity contribution in [2.45, 2.75) is 26.2 Å². The maximum atomic E-state index is 13.4. The van der Waals surface area contributed by atoms with Gasteiger partial charge in [-0.1, -0.05) is 28.1 Å². The molecule has 2 rings (SSSR count). The van der Waals surface area contributed by atoms with E-state index in [4.69, 9.17) is 4.74 Å².